The lowest BCUT2D eigenvalue weighted by Gasteiger charge is -2.13. The first kappa shape index (κ1) is 20.6. The number of alkyl halides is 3. The third-order valence-electron chi connectivity index (χ3n) is 4.55. The largest absolute Gasteiger partial charge is 0.417 e. The molecule has 0 spiro atoms. The van der Waals surface area contributed by atoms with Crippen molar-refractivity contribution >= 4 is 40.0 Å². The van der Waals surface area contributed by atoms with Crippen LogP contribution in [0.15, 0.2) is 66.7 Å². The number of rotatable bonds is 3. The van der Waals surface area contributed by atoms with Crippen LogP contribution in [0.1, 0.15) is 15.9 Å². The maximum atomic E-state index is 13.2. The van der Waals surface area contributed by atoms with E-state index in [1.807, 2.05) is 0 Å². The van der Waals surface area contributed by atoms with Crippen LogP contribution in [-0.2, 0) is 6.18 Å². The minimum atomic E-state index is -4.65. The highest BCUT2D eigenvalue weighted by atomic mass is 35.5. The van der Waals surface area contributed by atoms with Gasteiger partial charge in [-0.05, 0) is 42.5 Å². The number of carbonyl (C=O) groups excluding carboxylic acids is 1. The van der Waals surface area contributed by atoms with Crippen molar-refractivity contribution < 1.29 is 18.0 Å². The fourth-order valence-electron chi connectivity index (χ4n) is 3.21. The molecule has 4 rings (SSSR count). The fraction of sp³-hybridized carbons (Fsp3) is 0.0455. The van der Waals surface area contributed by atoms with E-state index < -0.39 is 23.2 Å². The lowest BCUT2D eigenvalue weighted by atomic mass is 10.0. The Bertz CT molecular complexity index is 1310. The SMILES string of the molecule is Nc1nc(-c2cccc(NC(=O)c3ccccc3C(F)(F)F)c2)c2cc(Cl)ccc2n1. The summed E-state index contributed by atoms with van der Waals surface area (Å²) in [6.07, 6.45) is -4.65. The second kappa shape index (κ2) is 7.88. The third-order valence-corrected chi connectivity index (χ3v) is 4.78. The van der Waals surface area contributed by atoms with Crippen LogP contribution in [0.4, 0.5) is 24.8 Å². The molecule has 31 heavy (non-hydrogen) atoms. The molecule has 1 heterocycles. The number of nitrogen functional groups attached to an aromatic ring is 1. The summed E-state index contributed by atoms with van der Waals surface area (Å²) >= 11 is 6.10. The van der Waals surface area contributed by atoms with Crippen molar-refractivity contribution in [3.8, 4) is 11.3 Å². The van der Waals surface area contributed by atoms with Crippen LogP contribution in [0.2, 0.25) is 5.02 Å². The maximum absolute atomic E-state index is 13.2. The summed E-state index contributed by atoms with van der Waals surface area (Å²) in [7, 11) is 0. The molecule has 0 radical (unpaired) electrons. The zero-order valence-electron chi connectivity index (χ0n) is 15.7. The molecule has 5 nitrogen and oxygen atoms in total. The Balaban J connectivity index is 1.72. The molecular weight excluding hydrogens is 429 g/mol. The zero-order chi connectivity index (χ0) is 22.2. The monoisotopic (exact) mass is 442 g/mol. The van der Waals surface area contributed by atoms with E-state index in [4.69, 9.17) is 17.3 Å². The quantitative estimate of drug-likeness (QED) is 0.420. The molecule has 0 aliphatic rings. The van der Waals surface area contributed by atoms with E-state index in [2.05, 4.69) is 15.3 Å². The highest BCUT2D eigenvalue weighted by Gasteiger charge is 2.34. The first-order chi connectivity index (χ1) is 14.7. The number of benzene rings is 3. The second-order valence-corrected chi connectivity index (χ2v) is 7.11. The average Bonchev–Trinajstić information content (AvgIpc) is 2.73. The van der Waals surface area contributed by atoms with Gasteiger partial charge in [0.25, 0.3) is 5.91 Å². The van der Waals surface area contributed by atoms with Crippen molar-refractivity contribution in [2.75, 3.05) is 11.1 Å². The Hall–Kier alpha value is -3.65. The van der Waals surface area contributed by atoms with Crippen molar-refractivity contribution in [1.29, 1.82) is 0 Å². The van der Waals surface area contributed by atoms with Gasteiger partial charge in [0.05, 0.1) is 22.3 Å². The number of carbonyl (C=O) groups is 1. The summed E-state index contributed by atoms with van der Waals surface area (Å²) in [6.45, 7) is 0. The molecule has 0 aliphatic heterocycles. The Morgan fingerprint density at radius 3 is 2.52 bits per heavy atom. The molecular formula is C22H14ClF3N4O. The standard InChI is InChI=1S/C22H14ClF3N4O/c23-13-8-9-18-16(11-13)19(30-21(27)29-18)12-4-3-5-14(10-12)28-20(31)15-6-1-2-7-17(15)22(24,25)26/h1-11H,(H,28,31)(H2,27,29,30). The third kappa shape index (κ3) is 4.29. The van der Waals surface area contributed by atoms with E-state index in [1.165, 1.54) is 12.1 Å². The van der Waals surface area contributed by atoms with Crippen LogP contribution in [0.5, 0.6) is 0 Å². The molecule has 3 aromatic carbocycles. The smallest absolute Gasteiger partial charge is 0.368 e. The Morgan fingerprint density at radius 2 is 1.74 bits per heavy atom. The van der Waals surface area contributed by atoms with Crippen LogP contribution >= 0.6 is 11.6 Å². The lowest BCUT2D eigenvalue weighted by Crippen LogP contribution is -2.18. The predicted octanol–water partition coefficient (Wildman–Crippen LogP) is 5.80. The first-order valence-corrected chi connectivity index (χ1v) is 9.41. The summed E-state index contributed by atoms with van der Waals surface area (Å²) in [4.78, 5) is 21.0. The molecule has 9 heteroatoms. The van der Waals surface area contributed by atoms with E-state index in [-0.39, 0.29) is 5.95 Å². The number of hydrogen-bond donors (Lipinski definition) is 2. The van der Waals surface area contributed by atoms with E-state index in [0.29, 0.717) is 32.9 Å². The number of amides is 1. The molecule has 0 fully saturated rings. The van der Waals surface area contributed by atoms with Gasteiger partial charge in [0.1, 0.15) is 0 Å². The molecule has 0 atom stereocenters. The minimum Gasteiger partial charge on any atom is -0.368 e. The predicted molar refractivity (Wildman–Crippen MR) is 114 cm³/mol. The highest BCUT2D eigenvalue weighted by molar-refractivity contribution is 6.31. The van der Waals surface area contributed by atoms with Gasteiger partial charge in [-0.1, -0.05) is 35.9 Å². The Labute approximate surface area is 179 Å². The molecule has 0 aliphatic carbocycles. The van der Waals surface area contributed by atoms with Gasteiger partial charge in [0.2, 0.25) is 5.95 Å². The van der Waals surface area contributed by atoms with Gasteiger partial charge in [0.15, 0.2) is 0 Å². The number of anilines is 2. The van der Waals surface area contributed by atoms with E-state index >= 15 is 0 Å². The van der Waals surface area contributed by atoms with E-state index in [0.717, 1.165) is 12.1 Å². The molecule has 1 amide bonds. The summed E-state index contributed by atoms with van der Waals surface area (Å²) in [5, 5.41) is 3.64. The number of fused-ring (bicyclic) bond motifs is 1. The normalized spacial score (nSPS) is 11.5. The van der Waals surface area contributed by atoms with Gasteiger partial charge in [-0.25, -0.2) is 9.97 Å². The highest BCUT2D eigenvalue weighted by Crippen LogP contribution is 2.33. The van der Waals surface area contributed by atoms with Gasteiger partial charge in [-0.15, -0.1) is 0 Å². The summed E-state index contributed by atoms with van der Waals surface area (Å²) < 4.78 is 39.7. The van der Waals surface area contributed by atoms with Crippen molar-refractivity contribution in [1.82, 2.24) is 9.97 Å². The number of nitrogens with two attached hydrogens (primary N) is 1. The number of hydrogen-bond acceptors (Lipinski definition) is 4. The van der Waals surface area contributed by atoms with Crippen molar-refractivity contribution in [3.63, 3.8) is 0 Å². The molecule has 0 unspecified atom stereocenters. The summed E-state index contributed by atoms with van der Waals surface area (Å²) in [5.74, 6) is -0.821. The molecule has 0 saturated heterocycles. The van der Waals surface area contributed by atoms with Crippen molar-refractivity contribution in [2.45, 2.75) is 6.18 Å². The van der Waals surface area contributed by atoms with Crippen molar-refractivity contribution in [3.05, 3.63) is 82.9 Å². The van der Waals surface area contributed by atoms with Gasteiger partial charge in [0, 0.05) is 21.7 Å². The van der Waals surface area contributed by atoms with Crippen LogP contribution < -0.4 is 11.1 Å². The molecule has 0 bridgehead atoms. The fourth-order valence-corrected chi connectivity index (χ4v) is 3.38. The van der Waals surface area contributed by atoms with Gasteiger partial charge < -0.3 is 11.1 Å². The first-order valence-electron chi connectivity index (χ1n) is 9.03. The average molecular weight is 443 g/mol. The summed E-state index contributed by atoms with van der Waals surface area (Å²) in [6, 6.07) is 16.2. The molecule has 4 aromatic rings. The topological polar surface area (TPSA) is 80.9 Å². The van der Waals surface area contributed by atoms with Crippen LogP contribution in [0.25, 0.3) is 22.2 Å². The zero-order valence-corrected chi connectivity index (χ0v) is 16.5. The summed E-state index contributed by atoms with van der Waals surface area (Å²) in [5.41, 5.74) is 6.30. The lowest BCUT2D eigenvalue weighted by molar-refractivity contribution is -0.137. The number of nitrogens with one attached hydrogen (secondary N) is 1. The van der Waals surface area contributed by atoms with Crippen LogP contribution in [0.3, 0.4) is 0 Å². The Kier molecular flexibility index (Phi) is 5.24. The van der Waals surface area contributed by atoms with Gasteiger partial charge >= 0.3 is 6.18 Å². The molecule has 3 N–H and O–H groups in total. The second-order valence-electron chi connectivity index (χ2n) is 6.67. The molecule has 1 aromatic heterocycles. The van der Waals surface area contributed by atoms with Gasteiger partial charge in [-0.3, -0.25) is 4.79 Å². The van der Waals surface area contributed by atoms with Gasteiger partial charge in [-0.2, -0.15) is 13.2 Å². The van der Waals surface area contributed by atoms with Crippen LogP contribution in [0, 0.1) is 0 Å². The van der Waals surface area contributed by atoms with E-state index in [1.54, 1.807) is 42.5 Å². The van der Waals surface area contributed by atoms with Crippen molar-refractivity contribution in [2.24, 2.45) is 0 Å². The minimum absolute atomic E-state index is 0.0540. The van der Waals surface area contributed by atoms with Crippen LogP contribution in [-0.4, -0.2) is 15.9 Å². The molecule has 0 saturated carbocycles. The Morgan fingerprint density at radius 1 is 0.968 bits per heavy atom. The number of nitrogens with zero attached hydrogens (tertiary/aromatic N) is 2. The number of aromatic nitrogens is 2. The molecule has 156 valence electrons. The maximum Gasteiger partial charge on any atom is 0.417 e. The van der Waals surface area contributed by atoms with E-state index in [9.17, 15) is 18.0 Å². The number of halogens is 4.